The molecule has 1 aromatic heterocycles. The van der Waals surface area contributed by atoms with Gasteiger partial charge >= 0.3 is 0 Å². The summed E-state index contributed by atoms with van der Waals surface area (Å²) in [5.41, 5.74) is 4.26. The average molecular weight is 243 g/mol. The Kier molecular flexibility index (Phi) is 2.75. The fourth-order valence-electron chi connectivity index (χ4n) is 2.38. The topological polar surface area (TPSA) is 12.9 Å². The zero-order chi connectivity index (χ0) is 11.8. The molecule has 0 radical (unpaired) electrons. The quantitative estimate of drug-likeness (QED) is 0.781. The zero-order valence-corrected chi connectivity index (χ0v) is 11.1. The Morgan fingerprint density at radius 3 is 3.00 bits per heavy atom. The molecule has 0 aliphatic heterocycles. The van der Waals surface area contributed by atoms with E-state index in [-0.39, 0.29) is 0 Å². The highest BCUT2D eigenvalue weighted by atomic mass is 32.1. The molecule has 2 aromatic rings. The molecular formula is C15H17NS. The van der Waals surface area contributed by atoms with Gasteiger partial charge in [0.15, 0.2) is 0 Å². The molecule has 2 unspecified atom stereocenters. The van der Waals surface area contributed by atoms with E-state index in [0.717, 1.165) is 0 Å². The molecule has 1 aliphatic rings. The van der Waals surface area contributed by atoms with Crippen molar-refractivity contribution in [3.63, 3.8) is 0 Å². The highest BCUT2D eigenvalue weighted by molar-refractivity contribution is 7.09. The van der Waals surface area contributed by atoms with Gasteiger partial charge in [0.05, 0.1) is 5.69 Å². The van der Waals surface area contributed by atoms with Crippen LogP contribution in [-0.4, -0.2) is 4.98 Å². The average Bonchev–Trinajstić information content (AvgIpc) is 2.79. The van der Waals surface area contributed by atoms with Crippen LogP contribution in [-0.2, 0) is 6.42 Å². The summed E-state index contributed by atoms with van der Waals surface area (Å²) in [4.78, 5) is 4.82. The van der Waals surface area contributed by atoms with Crippen molar-refractivity contribution in [2.24, 2.45) is 0 Å². The molecule has 0 N–H and O–H groups in total. The summed E-state index contributed by atoms with van der Waals surface area (Å²) in [5, 5.41) is 3.55. The van der Waals surface area contributed by atoms with Crippen LogP contribution in [0.4, 0.5) is 0 Å². The van der Waals surface area contributed by atoms with E-state index in [4.69, 9.17) is 4.98 Å². The maximum atomic E-state index is 4.82. The van der Waals surface area contributed by atoms with Gasteiger partial charge in [0, 0.05) is 11.3 Å². The van der Waals surface area contributed by atoms with Crippen LogP contribution in [0.3, 0.4) is 0 Å². The second-order valence-electron chi connectivity index (χ2n) is 4.88. The molecule has 0 fully saturated rings. The predicted octanol–water partition coefficient (Wildman–Crippen LogP) is 4.34. The Hall–Kier alpha value is -1.15. The predicted molar refractivity (Wildman–Crippen MR) is 72.8 cm³/mol. The van der Waals surface area contributed by atoms with E-state index in [1.54, 1.807) is 0 Å². The van der Waals surface area contributed by atoms with Gasteiger partial charge in [-0.2, -0.15) is 0 Å². The van der Waals surface area contributed by atoms with Crippen LogP contribution >= 0.6 is 11.3 Å². The molecule has 0 amide bonds. The minimum Gasteiger partial charge on any atom is -0.245 e. The van der Waals surface area contributed by atoms with Gasteiger partial charge in [-0.1, -0.05) is 38.1 Å². The first-order valence-corrected chi connectivity index (χ1v) is 7.20. The van der Waals surface area contributed by atoms with Crippen LogP contribution in [0, 0.1) is 0 Å². The molecule has 0 saturated heterocycles. The third kappa shape index (κ3) is 1.81. The van der Waals surface area contributed by atoms with Gasteiger partial charge in [-0.05, 0) is 29.9 Å². The number of nitrogens with zero attached hydrogens (tertiary/aromatic N) is 1. The van der Waals surface area contributed by atoms with Crippen molar-refractivity contribution in [2.75, 3.05) is 0 Å². The molecule has 1 nitrogen and oxygen atoms in total. The minimum absolute atomic E-state index is 0.564. The lowest BCUT2D eigenvalue weighted by Gasteiger charge is -2.28. The molecule has 1 heterocycles. The van der Waals surface area contributed by atoms with Crippen molar-refractivity contribution >= 4 is 11.3 Å². The standard InChI is InChI=1S/C15H17NS/c1-3-10(2)14-9-17-15(16-14)13-8-11-6-4-5-7-12(11)13/h4-7,9-10,13H,3,8H2,1-2H3. The minimum atomic E-state index is 0.564. The molecule has 3 rings (SSSR count). The molecule has 2 heteroatoms. The van der Waals surface area contributed by atoms with Crippen molar-refractivity contribution in [1.29, 1.82) is 0 Å². The van der Waals surface area contributed by atoms with Crippen LogP contribution in [0.5, 0.6) is 0 Å². The van der Waals surface area contributed by atoms with Crippen LogP contribution in [0.25, 0.3) is 0 Å². The number of rotatable bonds is 3. The number of hydrogen-bond acceptors (Lipinski definition) is 2. The van der Waals surface area contributed by atoms with Crippen LogP contribution in [0.15, 0.2) is 29.6 Å². The highest BCUT2D eigenvalue weighted by Crippen LogP contribution is 2.41. The van der Waals surface area contributed by atoms with Crippen molar-refractivity contribution in [2.45, 2.75) is 38.5 Å². The van der Waals surface area contributed by atoms with Crippen molar-refractivity contribution in [3.05, 3.63) is 51.5 Å². The Balaban J connectivity index is 1.86. The lowest BCUT2D eigenvalue weighted by atomic mass is 9.78. The summed E-state index contributed by atoms with van der Waals surface area (Å²) in [6.45, 7) is 4.48. The molecule has 1 aliphatic carbocycles. The van der Waals surface area contributed by atoms with E-state index >= 15 is 0 Å². The van der Waals surface area contributed by atoms with E-state index in [1.165, 1.54) is 34.7 Å². The van der Waals surface area contributed by atoms with Gasteiger partial charge < -0.3 is 0 Å². The number of fused-ring (bicyclic) bond motifs is 1. The Bertz CT molecular complexity index is 529. The molecule has 0 bridgehead atoms. The summed E-state index contributed by atoms with van der Waals surface area (Å²) >= 11 is 1.83. The van der Waals surface area contributed by atoms with E-state index in [1.807, 2.05) is 11.3 Å². The third-order valence-corrected chi connectivity index (χ3v) is 4.79. The van der Waals surface area contributed by atoms with Crippen LogP contribution in [0.2, 0.25) is 0 Å². The van der Waals surface area contributed by atoms with Gasteiger partial charge in [-0.25, -0.2) is 4.98 Å². The van der Waals surface area contributed by atoms with E-state index in [2.05, 4.69) is 43.5 Å². The van der Waals surface area contributed by atoms with Crippen LogP contribution in [0.1, 0.15) is 53.9 Å². The van der Waals surface area contributed by atoms with Gasteiger partial charge in [-0.3, -0.25) is 0 Å². The Morgan fingerprint density at radius 2 is 2.24 bits per heavy atom. The molecule has 1 aromatic carbocycles. The van der Waals surface area contributed by atoms with E-state index in [9.17, 15) is 0 Å². The molecule has 88 valence electrons. The van der Waals surface area contributed by atoms with Gasteiger partial charge in [-0.15, -0.1) is 11.3 Å². The van der Waals surface area contributed by atoms with Gasteiger partial charge in [0.25, 0.3) is 0 Å². The lowest BCUT2D eigenvalue weighted by Crippen LogP contribution is -2.17. The van der Waals surface area contributed by atoms with Crippen molar-refractivity contribution in [3.8, 4) is 0 Å². The van der Waals surface area contributed by atoms with Gasteiger partial charge in [0.1, 0.15) is 5.01 Å². The first-order chi connectivity index (χ1) is 8.29. The second-order valence-corrected chi connectivity index (χ2v) is 5.77. The fraction of sp³-hybridized carbons (Fsp3) is 0.400. The monoisotopic (exact) mass is 243 g/mol. The van der Waals surface area contributed by atoms with E-state index in [0.29, 0.717) is 11.8 Å². The fourth-order valence-corrected chi connectivity index (χ4v) is 3.43. The normalized spacial score (nSPS) is 19.5. The number of hydrogen-bond donors (Lipinski definition) is 0. The van der Waals surface area contributed by atoms with E-state index < -0.39 is 0 Å². The van der Waals surface area contributed by atoms with Crippen molar-refractivity contribution in [1.82, 2.24) is 4.98 Å². The molecular weight excluding hydrogens is 226 g/mol. The first-order valence-electron chi connectivity index (χ1n) is 6.32. The number of aromatic nitrogens is 1. The largest absolute Gasteiger partial charge is 0.245 e. The smallest absolute Gasteiger partial charge is 0.101 e. The van der Waals surface area contributed by atoms with Crippen molar-refractivity contribution < 1.29 is 0 Å². The summed E-state index contributed by atoms with van der Waals surface area (Å²) in [7, 11) is 0. The SMILES string of the molecule is CCC(C)c1csc(C2Cc3ccccc32)n1. The Morgan fingerprint density at radius 1 is 1.41 bits per heavy atom. The highest BCUT2D eigenvalue weighted by Gasteiger charge is 2.29. The maximum absolute atomic E-state index is 4.82. The summed E-state index contributed by atoms with van der Waals surface area (Å²) in [5.74, 6) is 1.16. The summed E-state index contributed by atoms with van der Waals surface area (Å²) in [6, 6.07) is 8.73. The molecule has 2 atom stereocenters. The van der Waals surface area contributed by atoms with Gasteiger partial charge in [0.2, 0.25) is 0 Å². The number of benzene rings is 1. The lowest BCUT2D eigenvalue weighted by molar-refractivity contribution is 0.675. The first kappa shape index (κ1) is 11.0. The second kappa shape index (κ2) is 4.26. The zero-order valence-electron chi connectivity index (χ0n) is 10.3. The Labute approximate surface area is 107 Å². The number of thiazole rings is 1. The third-order valence-electron chi connectivity index (χ3n) is 3.81. The summed E-state index contributed by atoms with van der Waals surface area (Å²) < 4.78 is 0. The van der Waals surface area contributed by atoms with Crippen LogP contribution < -0.4 is 0 Å². The maximum Gasteiger partial charge on any atom is 0.101 e. The molecule has 17 heavy (non-hydrogen) atoms. The molecule has 0 saturated carbocycles. The summed E-state index contributed by atoms with van der Waals surface area (Å²) in [6.07, 6.45) is 2.34. The molecule has 0 spiro atoms.